The van der Waals surface area contributed by atoms with Crippen molar-refractivity contribution in [1.82, 2.24) is 9.80 Å². The summed E-state index contributed by atoms with van der Waals surface area (Å²) in [6.07, 6.45) is 6.61. The summed E-state index contributed by atoms with van der Waals surface area (Å²) in [5, 5.41) is 9.28. The lowest BCUT2D eigenvalue weighted by molar-refractivity contribution is -0.143. The van der Waals surface area contributed by atoms with Crippen LogP contribution in [0.2, 0.25) is 0 Å². The first kappa shape index (κ1) is 14.8. The molecular weight excluding hydrogens is 240 g/mol. The van der Waals surface area contributed by atoms with Gasteiger partial charge in [0.25, 0.3) is 0 Å². The molecule has 2 aliphatic rings. The molecule has 2 aliphatic heterocycles. The molecule has 2 fully saturated rings. The largest absolute Gasteiger partial charge is 0.480 e. The Morgan fingerprint density at radius 3 is 2.32 bits per heavy atom. The van der Waals surface area contributed by atoms with Gasteiger partial charge in [-0.05, 0) is 58.2 Å². The summed E-state index contributed by atoms with van der Waals surface area (Å²) in [5.74, 6) is -0.625. The van der Waals surface area contributed by atoms with Crippen LogP contribution in [0.15, 0.2) is 0 Å². The summed E-state index contributed by atoms with van der Waals surface area (Å²) in [7, 11) is 0. The number of aliphatic carboxylic acids is 1. The first-order valence-electron chi connectivity index (χ1n) is 7.90. The van der Waals surface area contributed by atoms with Crippen LogP contribution in [0.3, 0.4) is 0 Å². The Morgan fingerprint density at radius 2 is 1.79 bits per heavy atom. The summed E-state index contributed by atoms with van der Waals surface area (Å²) in [6.45, 7) is 7.79. The van der Waals surface area contributed by atoms with Gasteiger partial charge in [-0.2, -0.15) is 0 Å². The van der Waals surface area contributed by atoms with Crippen molar-refractivity contribution in [2.75, 3.05) is 19.6 Å². The van der Waals surface area contributed by atoms with Crippen LogP contribution in [0.1, 0.15) is 52.4 Å². The van der Waals surface area contributed by atoms with Crippen LogP contribution in [-0.2, 0) is 4.79 Å². The predicted octanol–water partition coefficient (Wildman–Crippen LogP) is 2.19. The Morgan fingerprint density at radius 1 is 1.16 bits per heavy atom. The van der Waals surface area contributed by atoms with Crippen LogP contribution >= 0.6 is 0 Å². The molecule has 1 atom stereocenters. The number of rotatable bonds is 5. The van der Waals surface area contributed by atoms with E-state index in [0.717, 1.165) is 51.4 Å². The second kappa shape index (κ2) is 6.71. The molecule has 0 aliphatic carbocycles. The van der Waals surface area contributed by atoms with Crippen molar-refractivity contribution in [3.05, 3.63) is 0 Å². The summed E-state index contributed by atoms with van der Waals surface area (Å²) in [6, 6.07) is 0.994. The third-order valence-corrected chi connectivity index (χ3v) is 5.01. The van der Waals surface area contributed by atoms with Crippen molar-refractivity contribution in [2.45, 2.75) is 70.5 Å². The van der Waals surface area contributed by atoms with Gasteiger partial charge < -0.3 is 10.0 Å². The van der Waals surface area contributed by atoms with Gasteiger partial charge in [0.2, 0.25) is 0 Å². The number of carboxylic acids is 1. The maximum absolute atomic E-state index is 11.3. The van der Waals surface area contributed by atoms with Crippen LogP contribution in [0.4, 0.5) is 0 Å². The Kier molecular flexibility index (Phi) is 5.22. The van der Waals surface area contributed by atoms with Crippen LogP contribution in [0, 0.1) is 0 Å². The molecule has 19 heavy (non-hydrogen) atoms. The van der Waals surface area contributed by atoms with Gasteiger partial charge in [0.1, 0.15) is 6.04 Å². The average Bonchev–Trinajstić information content (AvgIpc) is 2.90. The van der Waals surface area contributed by atoms with Gasteiger partial charge in [-0.3, -0.25) is 9.69 Å². The van der Waals surface area contributed by atoms with Crippen molar-refractivity contribution in [3.63, 3.8) is 0 Å². The topological polar surface area (TPSA) is 43.8 Å². The Bertz CT molecular complexity index is 297. The molecule has 0 amide bonds. The van der Waals surface area contributed by atoms with E-state index in [0.29, 0.717) is 6.04 Å². The Balaban J connectivity index is 1.87. The third kappa shape index (κ3) is 3.29. The molecule has 0 aromatic heterocycles. The fourth-order valence-electron chi connectivity index (χ4n) is 3.88. The van der Waals surface area contributed by atoms with E-state index in [4.69, 9.17) is 0 Å². The minimum absolute atomic E-state index is 0.218. The van der Waals surface area contributed by atoms with E-state index in [1.165, 1.54) is 12.8 Å². The third-order valence-electron chi connectivity index (χ3n) is 5.01. The zero-order chi connectivity index (χ0) is 13.8. The van der Waals surface area contributed by atoms with E-state index in [2.05, 4.69) is 23.6 Å². The monoisotopic (exact) mass is 268 g/mol. The molecule has 4 nitrogen and oxygen atoms in total. The molecule has 1 N–H and O–H groups in total. The van der Waals surface area contributed by atoms with Gasteiger partial charge in [-0.25, -0.2) is 0 Å². The van der Waals surface area contributed by atoms with E-state index in [1.807, 2.05) is 0 Å². The standard InChI is InChI=1S/C15H28N2O2/c1-3-12(4-2)16-10-7-13(8-11-16)17-9-5-6-14(17)15(18)19/h12-14H,3-11H2,1-2H3,(H,18,19). The maximum atomic E-state index is 11.3. The number of likely N-dealkylation sites (tertiary alicyclic amines) is 2. The molecule has 110 valence electrons. The fraction of sp³-hybridized carbons (Fsp3) is 0.933. The molecule has 0 aromatic rings. The summed E-state index contributed by atoms with van der Waals surface area (Å²) < 4.78 is 0. The van der Waals surface area contributed by atoms with Crippen LogP contribution < -0.4 is 0 Å². The van der Waals surface area contributed by atoms with Gasteiger partial charge in [0.05, 0.1) is 0 Å². The molecule has 0 spiro atoms. The van der Waals surface area contributed by atoms with Crippen LogP contribution in [0.25, 0.3) is 0 Å². The zero-order valence-corrected chi connectivity index (χ0v) is 12.3. The molecule has 0 saturated carbocycles. The van der Waals surface area contributed by atoms with Crippen LogP contribution in [-0.4, -0.2) is 58.6 Å². The Hall–Kier alpha value is -0.610. The highest BCUT2D eigenvalue weighted by molar-refractivity contribution is 5.73. The number of nitrogens with zero attached hydrogens (tertiary/aromatic N) is 2. The van der Waals surface area contributed by atoms with Gasteiger partial charge in [0, 0.05) is 12.1 Å². The second-order valence-corrected chi connectivity index (χ2v) is 5.97. The molecule has 2 heterocycles. The number of hydrogen-bond donors (Lipinski definition) is 1. The SMILES string of the molecule is CCC(CC)N1CCC(N2CCCC2C(=O)O)CC1. The van der Waals surface area contributed by atoms with Crippen molar-refractivity contribution in [3.8, 4) is 0 Å². The second-order valence-electron chi connectivity index (χ2n) is 5.97. The van der Waals surface area contributed by atoms with E-state index in [1.54, 1.807) is 0 Å². The Labute approximate surface area is 116 Å². The summed E-state index contributed by atoms with van der Waals surface area (Å²) in [4.78, 5) is 16.1. The molecule has 1 unspecified atom stereocenters. The summed E-state index contributed by atoms with van der Waals surface area (Å²) >= 11 is 0. The minimum Gasteiger partial charge on any atom is -0.480 e. The highest BCUT2D eigenvalue weighted by atomic mass is 16.4. The number of piperidine rings is 1. The molecule has 2 saturated heterocycles. The maximum Gasteiger partial charge on any atom is 0.320 e. The van der Waals surface area contributed by atoms with Crippen molar-refractivity contribution >= 4 is 5.97 Å². The number of carboxylic acid groups (broad SMARTS) is 1. The minimum atomic E-state index is -0.625. The molecule has 0 aromatic carbocycles. The average molecular weight is 268 g/mol. The molecular formula is C15H28N2O2. The van der Waals surface area contributed by atoms with Gasteiger partial charge in [0.15, 0.2) is 0 Å². The fourth-order valence-corrected chi connectivity index (χ4v) is 3.88. The van der Waals surface area contributed by atoms with Crippen molar-refractivity contribution in [2.24, 2.45) is 0 Å². The molecule has 0 bridgehead atoms. The first-order chi connectivity index (χ1) is 9.17. The van der Waals surface area contributed by atoms with Gasteiger partial charge >= 0.3 is 5.97 Å². The lowest BCUT2D eigenvalue weighted by atomic mass is 9.99. The van der Waals surface area contributed by atoms with E-state index < -0.39 is 5.97 Å². The summed E-state index contributed by atoms with van der Waals surface area (Å²) in [5.41, 5.74) is 0. The van der Waals surface area contributed by atoms with E-state index in [9.17, 15) is 9.90 Å². The molecule has 0 radical (unpaired) electrons. The first-order valence-corrected chi connectivity index (χ1v) is 7.90. The smallest absolute Gasteiger partial charge is 0.320 e. The number of hydrogen-bond acceptors (Lipinski definition) is 3. The predicted molar refractivity (Wildman–Crippen MR) is 76.3 cm³/mol. The highest BCUT2D eigenvalue weighted by Gasteiger charge is 2.37. The van der Waals surface area contributed by atoms with E-state index >= 15 is 0 Å². The van der Waals surface area contributed by atoms with Crippen molar-refractivity contribution < 1.29 is 9.90 Å². The lowest BCUT2D eigenvalue weighted by Crippen LogP contribution is -2.50. The zero-order valence-electron chi connectivity index (χ0n) is 12.3. The highest BCUT2D eigenvalue weighted by Crippen LogP contribution is 2.27. The van der Waals surface area contributed by atoms with Crippen molar-refractivity contribution in [1.29, 1.82) is 0 Å². The van der Waals surface area contributed by atoms with Gasteiger partial charge in [-0.15, -0.1) is 0 Å². The quantitative estimate of drug-likeness (QED) is 0.830. The molecule has 4 heteroatoms. The normalized spacial score (nSPS) is 27.2. The number of carbonyl (C=O) groups is 1. The van der Waals surface area contributed by atoms with Crippen LogP contribution in [0.5, 0.6) is 0 Å². The lowest BCUT2D eigenvalue weighted by Gasteiger charge is -2.41. The molecule has 2 rings (SSSR count). The van der Waals surface area contributed by atoms with E-state index in [-0.39, 0.29) is 6.04 Å². The van der Waals surface area contributed by atoms with Gasteiger partial charge in [-0.1, -0.05) is 13.8 Å².